The predicted molar refractivity (Wildman–Crippen MR) is 122 cm³/mol. The van der Waals surface area contributed by atoms with Crippen molar-refractivity contribution in [2.24, 2.45) is 11.8 Å². The smallest absolute Gasteiger partial charge is 0.225 e. The second-order valence-electron chi connectivity index (χ2n) is 9.14. The molecule has 0 spiro atoms. The summed E-state index contributed by atoms with van der Waals surface area (Å²) in [4.78, 5) is 19.0. The standard InChI is InChI=1S/C26H29ClN2O/c1-17(19-12-14-29(15-13-19)26(30)21-10-11-21)18-6-8-20(9-7-18)23-16-28-24-5-3-2-4-22(24)25(23)27/h3,5-9,16-17,19,21H,2,4,10-15H2,1H3. The van der Waals surface area contributed by atoms with Gasteiger partial charge in [-0.25, -0.2) is 0 Å². The number of pyridine rings is 1. The zero-order chi connectivity index (χ0) is 20.7. The number of fused-ring (bicyclic) bond motifs is 1. The molecule has 30 heavy (non-hydrogen) atoms. The van der Waals surface area contributed by atoms with Crippen molar-refractivity contribution < 1.29 is 4.79 Å². The highest BCUT2D eigenvalue weighted by Gasteiger charge is 2.35. The maximum atomic E-state index is 12.3. The number of likely N-dealkylation sites (tertiary alicyclic amines) is 1. The van der Waals surface area contributed by atoms with E-state index in [0.29, 0.717) is 23.7 Å². The monoisotopic (exact) mass is 420 g/mol. The lowest BCUT2D eigenvalue weighted by atomic mass is 9.81. The molecule has 1 aromatic carbocycles. The third kappa shape index (κ3) is 3.80. The van der Waals surface area contributed by atoms with Crippen molar-refractivity contribution in [2.75, 3.05) is 13.1 Å². The van der Waals surface area contributed by atoms with Crippen molar-refractivity contribution in [3.63, 3.8) is 0 Å². The normalized spacial score (nSPS) is 20.1. The number of carbonyl (C=O) groups excluding carboxylic acids is 1. The van der Waals surface area contributed by atoms with Crippen molar-refractivity contribution >= 4 is 23.6 Å². The summed E-state index contributed by atoms with van der Waals surface area (Å²) < 4.78 is 0. The van der Waals surface area contributed by atoms with Gasteiger partial charge in [-0.1, -0.05) is 48.9 Å². The first-order valence-electron chi connectivity index (χ1n) is 11.3. The van der Waals surface area contributed by atoms with Gasteiger partial charge in [0.2, 0.25) is 5.91 Å². The molecule has 0 N–H and O–H groups in total. The van der Waals surface area contributed by atoms with Gasteiger partial charge in [0.25, 0.3) is 0 Å². The Balaban J connectivity index is 1.27. The molecule has 1 saturated carbocycles. The number of rotatable bonds is 4. The quantitative estimate of drug-likeness (QED) is 0.597. The van der Waals surface area contributed by atoms with Gasteiger partial charge in [-0.2, -0.15) is 0 Å². The molecular weight excluding hydrogens is 392 g/mol. The number of hydrogen-bond acceptors (Lipinski definition) is 2. The number of amides is 1. The van der Waals surface area contributed by atoms with Gasteiger partial charge in [-0.15, -0.1) is 0 Å². The van der Waals surface area contributed by atoms with Crippen LogP contribution in [0, 0.1) is 11.8 Å². The summed E-state index contributed by atoms with van der Waals surface area (Å²) in [6.45, 7) is 4.18. The number of halogens is 1. The first kappa shape index (κ1) is 19.8. The molecule has 2 fully saturated rings. The summed E-state index contributed by atoms with van der Waals surface area (Å²) in [7, 11) is 0. The van der Waals surface area contributed by atoms with Crippen LogP contribution in [0.15, 0.2) is 36.5 Å². The molecule has 1 aromatic heterocycles. The van der Waals surface area contributed by atoms with Gasteiger partial charge in [0, 0.05) is 30.8 Å². The van der Waals surface area contributed by atoms with Gasteiger partial charge >= 0.3 is 0 Å². The van der Waals surface area contributed by atoms with E-state index in [9.17, 15) is 4.79 Å². The van der Waals surface area contributed by atoms with E-state index in [2.05, 4.69) is 53.2 Å². The summed E-state index contributed by atoms with van der Waals surface area (Å²) in [5, 5.41) is 0.845. The highest BCUT2D eigenvalue weighted by molar-refractivity contribution is 6.34. The minimum absolute atomic E-state index is 0.340. The Morgan fingerprint density at radius 2 is 1.87 bits per heavy atom. The second-order valence-corrected chi connectivity index (χ2v) is 9.52. The lowest BCUT2D eigenvalue weighted by Crippen LogP contribution is -2.40. The van der Waals surface area contributed by atoms with Crippen LogP contribution < -0.4 is 0 Å². The molecule has 1 unspecified atom stereocenters. The molecule has 156 valence electrons. The Morgan fingerprint density at radius 1 is 1.13 bits per heavy atom. The molecule has 1 saturated heterocycles. The molecule has 4 heteroatoms. The zero-order valence-corrected chi connectivity index (χ0v) is 18.4. The van der Waals surface area contributed by atoms with Crippen LogP contribution in [0.25, 0.3) is 17.2 Å². The second kappa shape index (κ2) is 8.19. The SMILES string of the molecule is CC(c1ccc(-c2cnc3c(c2Cl)CCC=C3)cc1)C1CCN(C(=O)C2CC2)CC1. The summed E-state index contributed by atoms with van der Waals surface area (Å²) >= 11 is 6.75. The zero-order valence-electron chi connectivity index (χ0n) is 17.6. The number of aromatic nitrogens is 1. The van der Waals surface area contributed by atoms with E-state index in [1.165, 1.54) is 11.1 Å². The number of piperidine rings is 1. The minimum atomic E-state index is 0.340. The molecule has 0 bridgehead atoms. The molecule has 5 rings (SSSR count). The summed E-state index contributed by atoms with van der Waals surface area (Å²) in [5.41, 5.74) is 5.70. The minimum Gasteiger partial charge on any atom is -0.342 e. The van der Waals surface area contributed by atoms with Gasteiger partial charge in [-0.05, 0) is 73.1 Å². The highest BCUT2D eigenvalue weighted by Crippen LogP contribution is 2.38. The fourth-order valence-corrected chi connectivity index (χ4v) is 5.34. The molecule has 2 heterocycles. The van der Waals surface area contributed by atoms with Crippen LogP contribution in [0.5, 0.6) is 0 Å². The average molecular weight is 421 g/mol. The largest absolute Gasteiger partial charge is 0.342 e. The third-order valence-corrected chi connectivity index (χ3v) is 7.64. The molecule has 1 atom stereocenters. The molecule has 0 radical (unpaired) electrons. The van der Waals surface area contributed by atoms with E-state index in [1.54, 1.807) is 0 Å². The van der Waals surface area contributed by atoms with Crippen LogP contribution in [0.3, 0.4) is 0 Å². The molecule has 3 aliphatic rings. The van der Waals surface area contributed by atoms with E-state index in [4.69, 9.17) is 11.6 Å². The molecular formula is C26H29ClN2O. The molecule has 3 nitrogen and oxygen atoms in total. The topological polar surface area (TPSA) is 33.2 Å². The lowest BCUT2D eigenvalue weighted by Gasteiger charge is -2.35. The number of carbonyl (C=O) groups is 1. The van der Waals surface area contributed by atoms with Gasteiger partial charge in [0.15, 0.2) is 0 Å². The van der Waals surface area contributed by atoms with Gasteiger partial charge in [-0.3, -0.25) is 9.78 Å². The fraction of sp³-hybridized carbons (Fsp3) is 0.462. The van der Waals surface area contributed by atoms with Crippen LogP contribution in [-0.2, 0) is 11.2 Å². The van der Waals surface area contributed by atoms with Gasteiger partial charge in [0.05, 0.1) is 10.7 Å². The maximum Gasteiger partial charge on any atom is 0.225 e. The van der Waals surface area contributed by atoms with Crippen LogP contribution in [0.2, 0.25) is 5.02 Å². The van der Waals surface area contributed by atoms with Crippen LogP contribution in [-0.4, -0.2) is 28.9 Å². The van der Waals surface area contributed by atoms with Crippen molar-refractivity contribution in [3.05, 3.63) is 58.4 Å². The predicted octanol–water partition coefficient (Wildman–Crippen LogP) is 6.11. The molecule has 1 aliphatic heterocycles. The van der Waals surface area contributed by atoms with Crippen LogP contribution in [0.1, 0.15) is 61.8 Å². The van der Waals surface area contributed by atoms with Crippen molar-refractivity contribution in [1.29, 1.82) is 0 Å². The maximum absolute atomic E-state index is 12.3. The van der Waals surface area contributed by atoms with Crippen LogP contribution in [0.4, 0.5) is 0 Å². The van der Waals surface area contributed by atoms with E-state index in [-0.39, 0.29) is 0 Å². The van der Waals surface area contributed by atoms with E-state index in [0.717, 1.165) is 73.5 Å². The lowest BCUT2D eigenvalue weighted by molar-refractivity contribution is -0.134. The average Bonchev–Trinajstić information content (AvgIpc) is 3.64. The summed E-state index contributed by atoms with van der Waals surface area (Å²) in [6, 6.07) is 8.87. The molecule has 2 aromatic rings. The van der Waals surface area contributed by atoms with Crippen molar-refractivity contribution in [1.82, 2.24) is 9.88 Å². The first-order chi connectivity index (χ1) is 14.6. The number of nitrogens with zero attached hydrogens (tertiary/aromatic N) is 2. The van der Waals surface area contributed by atoms with Crippen LogP contribution >= 0.6 is 11.6 Å². The highest BCUT2D eigenvalue weighted by atomic mass is 35.5. The Labute approximate surface area is 184 Å². The number of benzene rings is 1. The van der Waals surface area contributed by atoms with Gasteiger partial charge < -0.3 is 4.90 Å². The van der Waals surface area contributed by atoms with E-state index < -0.39 is 0 Å². The fourth-order valence-electron chi connectivity index (χ4n) is 5.00. The Hall–Kier alpha value is -2.13. The Kier molecular flexibility index (Phi) is 5.41. The van der Waals surface area contributed by atoms with Gasteiger partial charge in [0.1, 0.15) is 0 Å². The summed E-state index contributed by atoms with van der Waals surface area (Å²) in [6.07, 6.45) is 12.5. The Bertz CT molecular complexity index is 969. The van der Waals surface area contributed by atoms with E-state index >= 15 is 0 Å². The van der Waals surface area contributed by atoms with Crippen molar-refractivity contribution in [3.8, 4) is 11.1 Å². The third-order valence-electron chi connectivity index (χ3n) is 7.21. The van der Waals surface area contributed by atoms with Crippen molar-refractivity contribution in [2.45, 2.75) is 51.4 Å². The first-order valence-corrected chi connectivity index (χ1v) is 11.7. The number of allylic oxidation sites excluding steroid dienone is 1. The Morgan fingerprint density at radius 3 is 2.57 bits per heavy atom. The van der Waals surface area contributed by atoms with E-state index in [1.807, 2.05) is 6.20 Å². The number of hydrogen-bond donors (Lipinski definition) is 0. The summed E-state index contributed by atoms with van der Waals surface area (Å²) in [5.74, 6) is 1.88. The molecule has 2 aliphatic carbocycles. The molecule has 1 amide bonds.